The molecule has 1 aliphatic heterocycles. The van der Waals surface area contributed by atoms with Crippen molar-refractivity contribution in [2.24, 2.45) is 0 Å². The van der Waals surface area contributed by atoms with Crippen molar-refractivity contribution in [1.82, 2.24) is 9.55 Å². The first-order valence-corrected chi connectivity index (χ1v) is 8.51. The van der Waals surface area contributed by atoms with E-state index in [1.54, 1.807) is 11.8 Å². The summed E-state index contributed by atoms with van der Waals surface area (Å²) in [5.74, 6) is 0. The lowest BCUT2D eigenvalue weighted by molar-refractivity contribution is 0.368. The van der Waals surface area contributed by atoms with Gasteiger partial charge in [-0.15, -0.1) is 0 Å². The lowest BCUT2D eigenvalue weighted by Gasteiger charge is -2.45. The minimum atomic E-state index is -0.424. The third-order valence-corrected chi connectivity index (χ3v) is 5.23. The van der Waals surface area contributed by atoms with Crippen LogP contribution in [0, 0.1) is 5.21 Å². The van der Waals surface area contributed by atoms with E-state index in [0.717, 1.165) is 34.1 Å². The molecule has 2 aromatic carbocycles. The van der Waals surface area contributed by atoms with Crippen LogP contribution in [0.25, 0.3) is 0 Å². The van der Waals surface area contributed by atoms with Gasteiger partial charge in [-0.25, -0.2) is 0 Å². The summed E-state index contributed by atoms with van der Waals surface area (Å²) in [7, 11) is 4.06. The third kappa shape index (κ3) is 2.90. The normalized spacial score (nSPS) is 19.9. The molecule has 0 aliphatic carbocycles. The maximum atomic E-state index is 13.7. The Balaban J connectivity index is 2.05. The predicted molar refractivity (Wildman–Crippen MR) is 94.9 cm³/mol. The second-order valence-electron chi connectivity index (χ2n) is 5.80. The fraction of sp³-hybridized carbons (Fsp3) is 0.294. The molecule has 2 aromatic rings. The molecule has 22 heavy (non-hydrogen) atoms. The van der Waals surface area contributed by atoms with Crippen LogP contribution in [0.3, 0.4) is 0 Å². The third-order valence-electron chi connectivity index (χ3n) is 3.86. The minimum Gasteiger partial charge on any atom is -0.622 e. The number of rotatable bonds is 4. The molecule has 116 valence electrons. The molecule has 1 aliphatic rings. The van der Waals surface area contributed by atoms with Gasteiger partial charge in [-0.1, -0.05) is 35.5 Å². The summed E-state index contributed by atoms with van der Waals surface area (Å²) < 4.78 is -0.424. The zero-order chi connectivity index (χ0) is 15.7. The first-order valence-electron chi connectivity index (χ1n) is 7.32. The molecule has 0 saturated carbocycles. The molecule has 3 rings (SSSR count). The Bertz CT molecular complexity index is 692. The first-order chi connectivity index (χ1) is 10.5. The highest BCUT2D eigenvalue weighted by atomic mass is 35.5. The fourth-order valence-corrected chi connectivity index (χ4v) is 4.12. The Hall–Kier alpha value is -1.04. The summed E-state index contributed by atoms with van der Waals surface area (Å²) in [5.41, 5.74) is 1.58. The van der Waals surface area contributed by atoms with Gasteiger partial charge >= 0.3 is 0 Å². The quantitative estimate of drug-likeness (QED) is 0.588. The summed E-state index contributed by atoms with van der Waals surface area (Å²) in [6, 6.07) is 13.5. The largest absolute Gasteiger partial charge is 0.622 e. The summed E-state index contributed by atoms with van der Waals surface area (Å²) >= 11 is 7.80. The number of hydrogen-bond donors (Lipinski definition) is 0. The van der Waals surface area contributed by atoms with Crippen molar-refractivity contribution >= 4 is 34.7 Å². The van der Waals surface area contributed by atoms with E-state index in [2.05, 4.69) is 4.90 Å². The van der Waals surface area contributed by atoms with Crippen LogP contribution in [0.1, 0.15) is 6.42 Å². The Morgan fingerprint density at radius 1 is 1.09 bits per heavy atom. The Labute approximate surface area is 140 Å². The molecule has 1 atom stereocenters. The second-order valence-corrected chi connectivity index (χ2v) is 7.32. The Kier molecular flexibility index (Phi) is 4.48. The van der Waals surface area contributed by atoms with Crippen molar-refractivity contribution in [3.8, 4) is 0 Å². The van der Waals surface area contributed by atoms with E-state index < -0.39 is 4.65 Å². The van der Waals surface area contributed by atoms with Gasteiger partial charge in [0.15, 0.2) is 11.4 Å². The van der Waals surface area contributed by atoms with Crippen molar-refractivity contribution in [2.75, 3.05) is 27.2 Å². The van der Waals surface area contributed by atoms with Gasteiger partial charge in [-0.2, -0.15) is 0 Å². The number of fused-ring (bicyclic) bond motifs is 2. The van der Waals surface area contributed by atoms with Crippen molar-refractivity contribution in [1.29, 1.82) is 0 Å². The van der Waals surface area contributed by atoms with E-state index in [0.29, 0.717) is 11.6 Å². The highest BCUT2D eigenvalue weighted by Crippen LogP contribution is 2.52. The van der Waals surface area contributed by atoms with Crippen LogP contribution in [0.5, 0.6) is 0 Å². The van der Waals surface area contributed by atoms with Crippen LogP contribution in [-0.2, 0) is 0 Å². The maximum absolute atomic E-state index is 13.7. The molecule has 5 heteroatoms. The minimum absolute atomic E-state index is 0.424. The van der Waals surface area contributed by atoms with Gasteiger partial charge in [0.2, 0.25) is 0 Å². The van der Waals surface area contributed by atoms with Crippen LogP contribution in [0.15, 0.2) is 52.3 Å². The van der Waals surface area contributed by atoms with Crippen LogP contribution in [-0.4, -0.2) is 32.1 Å². The highest BCUT2D eigenvalue weighted by Gasteiger charge is 2.34. The molecule has 1 unspecified atom stereocenters. The molecule has 0 amide bonds. The molecule has 0 aromatic heterocycles. The van der Waals surface area contributed by atoms with E-state index in [1.807, 2.05) is 56.6 Å². The summed E-state index contributed by atoms with van der Waals surface area (Å²) in [6.07, 6.45) is 0.835. The first kappa shape index (κ1) is 15.8. The second kappa shape index (κ2) is 6.22. The summed E-state index contributed by atoms with van der Waals surface area (Å²) in [4.78, 5) is 4.15. The van der Waals surface area contributed by atoms with Crippen molar-refractivity contribution < 1.29 is 0 Å². The molecular formula is C17H19ClN2OS. The van der Waals surface area contributed by atoms with Crippen LogP contribution < -0.4 is 4.65 Å². The number of para-hydroxylation sites is 1. The zero-order valence-corrected chi connectivity index (χ0v) is 14.3. The fourth-order valence-electron chi connectivity index (χ4n) is 2.80. The molecule has 1 heterocycles. The SMILES string of the molecule is CN(C)CCC[N+]1([O-])c2ccccc2Sc2ccc(Cl)cc21. The molecule has 0 saturated heterocycles. The summed E-state index contributed by atoms with van der Waals surface area (Å²) in [5, 5.41) is 14.4. The monoisotopic (exact) mass is 334 g/mol. The molecule has 0 N–H and O–H groups in total. The average molecular weight is 335 g/mol. The average Bonchev–Trinajstić information content (AvgIpc) is 2.48. The zero-order valence-electron chi connectivity index (χ0n) is 12.8. The Morgan fingerprint density at radius 3 is 2.59 bits per heavy atom. The topological polar surface area (TPSA) is 26.3 Å². The number of halogens is 1. The van der Waals surface area contributed by atoms with Crippen LogP contribution in [0.2, 0.25) is 5.02 Å². The number of quaternary nitrogens is 1. The molecule has 3 nitrogen and oxygen atoms in total. The number of benzene rings is 2. The van der Waals surface area contributed by atoms with Crippen molar-refractivity contribution in [2.45, 2.75) is 16.2 Å². The van der Waals surface area contributed by atoms with Gasteiger partial charge in [0.05, 0.1) is 16.3 Å². The van der Waals surface area contributed by atoms with Crippen LogP contribution >= 0.6 is 23.4 Å². The molecule has 0 spiro atoms. The van der Waals surface area contributed by atoms with Gasteiger partial charge in [0.25, 0.3) is 0 Å². The van der Waals surface area contributed by atoms with Crippen LogP contribution in [0.4, 0.5) is 11.4 Å². The maximum Gasteiger partial charge on any atom is 0.153 e. The number of hydroxylamine groups is 1. The van der Waals surface area contributed by atoms with Gasteiger partial charge in [0, 0.05) is 30.1 Å². The van der Waals surface area contributed by atoms with Gasteiger partial charge < -0.3 is 10.1 Å². The number of hydrogen-bond acceptors (Lipinski definition) is 3. The summed E-state index contributed by atoms with van der Waals surface area (Å²) in [6.45, 7) is 1.41. The van der Waals surface area contributed by atoms with Crippen molar-refractivity contribution in [3.63, 3.8) is 0 Å². The molecule has 0 radical (unpaired) electrons. The molecular weight excluding hydrogens is 316 g/mol. The van der Waals surface area contributed by atoms with Crippen molar-refractivity contribution in [3.05, 3.63) is 52.7 Å². The highest BCUT2D eigenvalue weighted by molar-refractivity contribution is 7.99. The molecule has 0 fully saturated rings. The molecule has 0 bridgehead atoms. The van der Waals surface area contributed by atoms with E-state index >= 15 is 0 Å². The lowest BCUT2D eigenvalue weighted by Crippen LogP contribution is -2.41. The van der Waals surface area contributed by atoms with E-state index in [4.69, 9.17) is 11.6 Å². The van der Waals surface area contributed by atoms with Gasteiger partial charge in [-0.05, 0) is 32.3 Å². The smallest absolute Gasteiger partial charge is 0.153 e. The van der Waals surface area contributed by atoms with E-state index in [9.17, 15) is 5.21 Å². The standard InChI is InChI=1S/C17H19ClN2OS/c1-19(2)10-5-11-20(21)14-6-3-4-7-16(14)22-17-9-8-13(18)12-15(17)20/h3-4,6-9,12H,5,10-11H2,1-2H3. The predicted octanol–water partition coefficient (Wildman–Crippen LogP) is 4.89. The van der Waals surface area contributed by atoms with Gasteiger partial charge in [0.1, 0.15) is 0 Å². The number of nitrogens with zero attached hydrogens (tertiary/aromatic N) is 2. The van der Waals surface area contributed by atoms with Gasteiger partial charge in [-0.3, -0.25) is 4.65 Å². The Morgan fingerprint density at radius 2 is 1.82 bits per heavy atom. The van der Waals surface area contributed by atoms with E-state index in [1.165, 1.54) is 0 Å². The van der Waals surface area contributed by atoms with E-state index in [-0.39, 0.29) is 0 Å². The lowest BCUT2D eigenvalue weighted by atomic mass is 10.2.